The lowest BCUT2D eigenvalue weighted by atomic mass is 10.1. The molecular weight excluding hydrogens is 533 g/mol. The number of aromatic nitrogens is 2. The zero-order chi connectivity index (χ0) is 19.1. The third-order valence-electron chi connectivity index (χ3n) is 4.57. The van der Waals surface area contributed by atoms with Crippen molar-refractivity contribution < 1.29 is 4.74 Å². The topological polar surface area (TPSA) is 54.7 Å². The van der Waals surface area contributed by atoms with Crippen LogP contribution in [0.25, 0.3) is 0 Å². The minimum absolute atomic E-state index is 0. The number of halogens is 2. The smallest absolute Gasteiger partial charge is 0.194 e. The fourth-order valence-electron chi connectivity index (χ4n) is 3.24. The molecule has 28 heavy (non-hydrogen) atoms. The number of morpholine rings is 1. The first-order chi connectivity index (χ1) is 13.2. The molecule has 1 fully saturated rings. The number of nitrogens with zero attached hydrogens (tertiary/aromatic N) is 4. The van der Waals surface area contributed by atoms with Crippen LogP contribution in [0.1, 0.15) is 30.6 Å². The summed E-state index contributed by atoms with van der Waals surface area (Å²) in [5.74, 6) is 0.976. The van der Waals surface area contributed by atoms with Crippen LogP contribution < -0.4 is 5.32 Å². The summed E-state index contributed by atoms with van der Waals surface area (Å²) in [4.78, 5) is 7.15. The average Bonchev–Trinajstić information content (AvgIpc) is 3.11. The minimum Gasteiger partial charge on any atom is -0.370 e. The molecule has 3 rings (SSSR count). The Bertz CT molecular complexity index is 767. The molecular formula is C20H29BrIN5O. The first-order valence-electron chi connectivity index (χ1n) is 9.53. The van der Waals surface area contributed by atoms with Crippen LogP contribution >= 0.6 is 39.9 Å². The summed E-state index contributed by atoms with van der Waals surface area (Å²) in [6.45, 7) is 6.12. The zero-order valence-corrected chi connectivity index (χ0v) is 20.4. The Balaban J connectivity index is 0.00000280. The number of aryl methyl sites for hydroxylation is 2. The maximum Gasteiger partial charge on any atom is 0.194 e. The molecule has 0 spiro atoms. The normalized spacial score (nSPS) is 17.3. The lowest BCUT2D eigenvalue weighted by molar-refractivity contribution is -0.00804. The van der Waals surface area contributed by atoms with Crippen LogP contribution in [-0.4, -0.2) is 53.4 Å². The second-order valence-corrected chi connectivity index (χ2v) is 7.64. The third kappa shape index (κ3) is 6.73. The summed E-state index contributed by atoms with van der Waals surface area (Å²) >= 11 is 3.53. The molecule has 1 aromatic heterocycles. The summed E-state index contributed by atoms with van der Waals surface area (Å²) in [6.07, 6.45) is 6.01. The Labute approximate surface area is 192 Å². The monoisotopic (exact) mass is 561 g/mol. The van der Waals surface area contributed by atoms with E-state index in [1.54, 1.807) is 0 Å². The van der Waals surface area contributed by atoms with Gasteiger partial charge in [0.1, 0.15) is 6.10 Å². The number of benzene rings is 1. The predicted molar refractivity (Wildman–Crippen MR) is 127 cm³/mol. The van der Waals surface area contributed by atoms with Crippen LogP contribution in [0.2, 0.25) is 0 Å². The maximum absolute atomic E-state index is 5.95. The summed E-state index contributed by atoms with van der Waals surface area (Å²) in [5, 5.41) is 7.69. The molecule has 0 amide bonds. The molecule has 6 nitrogen and oxygen atoms in total. The fourth-order valence-corrected chi connectivity index (χ4v) is 3.68. The SMILES string of the molecule is CCNC(=NCCCc1cccc(Br)c1)N1CCOC(c2cnn(C)c2)C1.I. The highest BCUT2D eigenvalue weighted by Crippen LogP contribution is 2.21. The first kappa shape index (κ1) is 23.2. The van der Waals surface area contributed by atoms with Crippen molar-refractivity contribution in [2.45, 2.75) is 25.9 Å². The standard InChI is InChI=1S/C20H28BrN5O.HI/c1-3-22-20(23-9-5-7-16-6-4-8-18(21)12-16)26-10-11-27-19(15-26)17-13-24-25(2)14-17;/h4,6,8,12-14,19H,3,5,7,9-11,15H2,1-2H3,(H,22,23);1H. The van der Waals surface area contributed by atoms with Crippen LogP contribution in [0.4, 0.5) is 0 Å². The molecule has 0 aliphatic carbocycles. The van der Waals surface area contributed by atoms with E-state index in [1.165, 1.54) is 5.56 Å². The number of guanidine groups is 1. The molecule has 1 aliphatic heterocycles. The van der Waals surface area contributed by atoms with Gasteiger partial charge in [-0.15, -0.1) is 24.0 Å². The van der Waals surface area contributed by atoms with Crippen LogP contribution in [0.15, 0.2) is 46.1 Å². The summed E-state index contributed by atoms with van der Waals surface area (Å²) in [6, 6.07) is 8.48. The number of nitrogens with one attached hydrogen (secondary N) is 1. The van der Waals surface area contributed by atoms with E-state index in [0.29, 0.717) is 6.61 Å². The number of rotatable bonds is 6. The second kappa shape index (κ2) is 11.8. The molecule has 1 aliphatic rings. The molecule has 0 saturated carbocycles. The number of aliphatic imine (C=N–C) groups is 1. The Morgan fingerprint density at radius 1 is 1.43 bits per heavy atom. The Morgan fingerprint density at radius 3 is 3.00 bits per heavy atom. The van der Waals surface area contributed by atoms with Crippen molar-refractivity contribution in [2.75, 3.05) is 32.8 Å². The van der Waals surface area contributed by atoms with Crippen molar-refractivity contribution in [1.29, 1.82) is 0 Å². The van der Waals surface area contributed by atoms with Crippen LogP contribution in [-0.2, 0) is 18.2 Å². The van der Waals surface area contributed by atoms with E-state index in [4.69, 9.17) is 9.73 Å². The molecule has 1 N–H and O–H groups in total. The van der Waals surface area contributed by atoms with Crippen LogP contribution in [0.5, 0.6) is 0 Å². The van der Waals surface area contributed by atoms with Crippen molar-refractivity contribution in [2.24, 2.45) is 12.0 Å². The minimum atomic E-state index is 0. The molecule has 1 saturated heterocycles. The quantitative estimate of drug-likeness (QED) is 0.252. The van der Waals surface area contributed by atoms with Gasteiger partial charge in [0.25, 0.3) is 0 Å². The van der Waals surface area contributed by atoms with Gasteiger partial charge in [-0.3, -0.25) is 9.67 Å². The van der Waals surface area contributed by atoms with Crippen molar-refractivity contribution >= 4 is 45.9 Å². The van der Waals surface area contributed by atoms with Crippen molar-refractivity contribution in [3.8, 4) is 0 Å². The molecule has 0 bridgehead atoms. The van der Waals surface area contributed by atoms with E-state index in [9.17, 15) is 0 Å². The van der Waals surface area contributed by atoms with Gasteiger partial charge in [0, 0.05) is 42.9 Å². The maximum atomic E-state index is 5.95. The third-order valence-corrected chi connectivity index (χ3v) is 5.06. The van der Waals surface area contributed by atoms with E-state index in [2.05, 4.69) is 62.4 Å². The van der Waals surface area contributed by atoms with Crippen molar-refractivity contribution in [3.05, 3.63) is 52.3 Å². The predicted octanol–water partition coefficient (Wildman–Crippen LogP) is 3.77. The van der Waals surface area contributed by atoms with Gasteiger partial charge >= 0.3 is 0 Å². The Kier molecular flexibility index (Phi) is 9.73. The summed E-state index contributed by atoms with van der Waals surface area (Å²) < 4.78 is 8.90. The van der Waals surface area contributed by atoms with Crippen molar-refractivity contribution in [3.63, 3.8) is 0 Å². The number of hydrogen-bond acceptors (Lipinski definition) is 3. The largest absolute Gasteiger partial charge is 0.370 e. The van der Waals surface area contributed by atoms with Crippen LogP contribution in [0, 0.1) is 0 Å². The fraction of sp³-hybridized carbons (Fsp3) is 0.500. The second-order valence-electron chi connectivity index (χ2n) is 6.72. The molecule has 154 valence electrons. The number of ether oxygens (including phenoxy) is 1. The lowest BCUT2D eigenvalue weighted by Gasteiger charge is -2.34. The van der Waals surface area contributed by atoms with Gasteiger partial charge in [0.15, 0.2) is 5.96 Å². The first-order valence-corrected chi connectivity index (χ1v) is 10.3. The van der Waals surface area contributed by atoms with E-state index >= 15 is 0 Å². The molecule has 0 radical (unpaired) electrons. The highest BCUT2D eigenvalue weighted by Gasteiger charge is 2.25. The molecule has 1 atom stereocenters. The lowest BCUT2D eigenvalue weighted by Crippen LogP contribution is -2.48. The van der Waals surface area contributed by atoms with Crippen LogP contribution in [0.3, 0.4) is 0 Å². The Hall–Kier alpha value is -1.13. The zero-order valence-electron chi connectivity index (χ0n) is 16.5. The van der Waals surface area contributed by atoms with Gasteiger partial charge in [-0.05, 0) is 37.5 Å². The number of hydrogen-bond donors (Lipinski definition) is 1. The molecule has 1 unspecified atom stereocenters. The Morgan fingerprint density at radius 2 is 2.29 bits per heavy atom. The molecule has 8 heteroatoms. The van der Waals surface area contributed by atoms with E-state index in [0.717, 1.165) is 55.0 Å². The van der Waals surface area contributed by atoms with Gasteiger partial charge in [-0.2, -0.15) is 5.10 Å². The van der Waals surface area contributed by atoms with Gasteiger partial charge in [0.05, 0.1) is 19.3 Å². The van der Waals surface area contributed by atoms with Crippen molar-refractivity contribution in [1.82, 2.24) is 20.0 Å². The summed E-state index contributed by atoms with van der Waals surface area (Å²) in [5.41, 5.74) is 2.46. The van der Waals surface area contributed by atoms with E-state index < -0.39 is 0 Å². The summed E-state index contributed by atoms with van der Waals surface area (Å²) in [7, 11) is 1.93. The molecule has 2 aromatic rings. The highest BCUT2D eigenvalue weighted by atomic mass is 127. The highest BCUT2D eigenvalue weighted by molar-refractivity contribution is 14.0. The van der Waals surface area contributed by atoms with E-state index in [1.807, 2.05) is 24.1 Å². The molecule has 1 aromatic carbocycles. The van der Waals surface area contributed by atoms with Gasteiger partial charge < -0.3 is 15.0 Å². The van der Waals surface area contributed by atoms with Gasteiger partial charge in [-0.1, -0.05) is 28.1 Å². The van der Waals surface area contributed by atoms with Gasteiger partial charge in [-0.25, -0.2) is 0 Å². The van der Waals surface area contributed by atoms with E-state index in [-0.39, 0.29) is 30.1 Å². The molecule has 2 heterocycles. The van der Waals surface area contributed by atoms with Gasteiger partial charge in [0.2, 0.25) is 0 Å². The average molecular weight is 562 g/mol.